The number of pyridine rings is 1. The van der Waals surface area contributed by atoms with Crippen LogP contribution in [0.2, 0.25) is 5.15 Å². The summed E-state index contributed by atoms with van der Waals surface area (Å²) in [6.45, 7) is 0.534. The van der Waals surface area contributed by atoms with Gasteiger partial charge in [-0.1, -0.05) is 53.3 Å². The molecule has 0 radical (unpaired) electrons. The largest absolute Gasteiger partial charge is 0.493 e. The third kappa shape index (κ3) is 3.57. The molecule has 1 N–H and O–H groups in total. The van der Waals surface area contributed by atoms with Crippen molar-refractivity contribution in [3.63, 3.8) is 0 Å². The van der Waals surface area contributed by atoms with Crippen LogP contribution in [0.4, 0.5) is 5.13 Å². The summed E-state index contributed by atoms with van der Waals surface area (Å²) in [7, 11) is 0. The van der Waals surface area contributed by atoms with Crippen LogP contribution in [0.3, 0.4) is 0 Å². The van der Waals surface area contributed by atoms with Crippen LogP contribution in [-0.2, 0) is 4.79 Å². The Hall–Kier alpha value is -2.96. The number of para-hydroxylation sites is 1. The molecule has 0 aliphatic carbocycles. The van der Waals surface area contributed by atoms with Crippen molar-refractivity contribution in [3.05, 3.63) is 71.6 Å². The van der Waals surface area contributed by atoms with Crippen LogP contribution in [-0.4, -0.2) is 22.5 Å². The summed E-state index contributed by atoms with van der Waals surface area (Å²) in [5.41, 5.74) is 1.95. The fourth-order valence-corrected chi connectivity index (χ4v) is 4.52. The Kier molecular flexibility index (Phi) is 4.66. The Bertz CT molecular complexity index is 1220. The summed E-state index contributed by atoms with van der Waals surface area (Å²) in [5, 5.41) is 6.05. The second-order valence-electron chi connectivity index (χ2n) is 6.82. The highest BCUT2D eigenvalue weighted by molar-refractivity contribution is 7.19. The van der Waals surface area contributed by atoms with Crippen LogP contribution >= 0.6 is 22.9 Å². The van der Waals surface area contributed by atoms with E-state index in [1.54, 1.807) is 12.4 Å². The normalized spacial score (nSPS) is 15.6. The van der Waals surface area contributed by atoms with E-state index in [9.17, 15) is 4.79 Å². The van der Waals surface area contributed by atoms with Gasteiger partial charge in [-0.25, -0.2) is 9.97 Å². The van der Waals surface area contributed by atoms with E-state index in [0.29, 0.717) is 23.3 Å². The molecule has 0 bridgehead atoms. The number of hydrogen-bond donors (Lipinski definition) is 1. The molecule has 1 unspecified atom stereocenters. The van der Waals surface area contributed by atoms with Crippen molar-refractivity contribution in [2.45, 2.75) is 12.3 Å². The minimum absolute atomic E-state index is 0.0574. The molecule has 5 rings (SSSR count). The summed E-state index contributed by atoms with van der Waals surface area (Å²) < 4.78 is 5.65. The molecular formula is C22H16ClN3O2S. The Labute approximate surface area is 176 Å². The lowest BCUT2D eigenvalue weighted by Crippen LogP contribution is -2.26. The lowest BCUT2D eigenvalue weighted by molar-refractivity contribution is -0.118. The summed E-state index contributed by atoms with van der Waals surface area (Å²) >= 11 is 7.46. The molecule has 2 aromatic heterocycles. The van der Waals surface area contributed by atoms with E-state index in [4.69, 9.17) is 16.3 Å². The van der Waals surface area contributed by atoms with Crippen molar-refractivity contribution in [1.29, 1.82) is 0 Å². The van der Waals surface area contributed by atoms with Gasteiger partial charge in [-0.2, -0.15) is 0 Å². The van der Waals surface area contributed by atoms with Crippen molar-refractivity contribution in [2.75, 3.05) is 11.9 Å². The van der Waals surface area contributed by atoms with Gasteiger partial charge in [-0.3, -0.25) is 4.79 Å². The maximum Gasteiger partial charge on any atom is 0.233 e. The number of halogens is 1. The zero-order valence-electron chi connectivity index (χ0n) is 15.3. The van der Waals surface area contributed by atoms with Crippen LogP contribution < -0.4 is 10.1 Å². The number of amides is 1. The number of benzene rings is 2. The molecule has 1 atom stereocenters. The summed E-state index contributed by atoms with van der Waals surface area (Å²) in [6, 6.07) is 15.6. The zero-order valence-corrected chi connectivity index (χ0v) is 16.8. The fourth-order valence-electron chi connectivity index (χ4n) is 3.54. The molecule has 144 valence electrons. The number of nitrogens with zero attached hydrogens (tertiary/aromatic N) is 2. The van der Waals surface area contributed by atoms with E-state index < -0.39 is 0 Å². The number of nitrogens with one attached hydrogen (secondary N) is 1. The number of hydrogen-bond acceptors (Lipinski definition) is 5. The highest BCUT2D eigenvalue weighted by Crippen LogP contribution is 2.36. The molecule has 7 heteroatoms. The Morgan fingerprint density at radius 2 is 2.00 bits per heavy atom. The van der Waals surface area contributed by atoms with Crippen molar-refractivity contribution in [3.8, 4) is 16.2 Å². The maximum atomic E-state index is 12.9. The standard InChI is InChI=1S/C22H16ClN3O2S/c23-20-10-15-9-13(5-6-14(15)11-24-20)19-12-25-22(29-19)26-21(27)17-7-8-28-18-4-2-1-3-16(17)18/h1-6,9-12,17H,7-8H2,(H,25,26,27). The first-order valence-corrected chi connectivity index (χ1v) is 10.4. The van der Waals surface area contributed by atoms with Gasteiger partial charge in [0.2, 0.25) is 5.91 Å². The summed E-state index contributed by atoms with van der Waals surface area (Å²) in [6.07, 6.45) is 4.19. The van der Waals surface area contributed by atoms with E-state index >= 15 is 0 Å². The fraction of sp³-hybridized carbons (Fsp3) is 0.136. The smallest absolute Gasteiger partial charge is 0.233 e. The first-order chi connectivity index (χ1) is 14.2. The van der Waals surface area contributed by atoms with Crippen LogP contribution in [0.5, 0.6) is 5.75 Å². The van der Waals surface area contributed by atoms with E-state index in [2.05, 4.69) is 21.4 Å². The average Bonchev–Trinajstić information content (AvgIpc) is 3.21. The molecule has 3 heterocycles. The molecule has 0 saturated carbocycles. The number of anilines is 1. The van der Waals surface area contributed by atoms with E-state index in [1.165, 1.54) is 11.3 Å². The van der Waals surface area contributed by atoms with Gasteiger partial charge in [0.15, 0.2) is 5.13 Å². The van der Waals surface area contributed by atoms with Gasteiger partial charge in [-0.05, 0) is 35.6 Å². The van der Waals surface area contributed by atoms with E-state index in [0.717, 1.165) is 32.5 Å². The maximum absolute atomic E-state index is 12.9. The van der Waals surface area contributed by atoms with Gasteiger partial charge in [-0.15, -0.1) is 0 Å². The van der Waals surface area contributed by atoms with Crippen LogP contribution in [0.1, 0.15) is 17.9 Å². The molecule has 1 aliphatic rings. The van der Waals surface area contributed by atoms with Gasteiger partial charge in [0.1, 0.15) is 10.9 Å². The number of rotatable bonds is 3. The molecule has 2 aromatic carbocycles. The number of aromatic nitrogens is 2. The minimum atomic E-state index is -0.234. The Morgan fingerprint density at radius 3 is 2.93 bits per heavy atom. The minimum Gasteiger partial charge on any atom is -0.493 e. The highest BCUT2D eigenvalue weighted by Gasteiger charge is 2.28. The molecule has 0 spiro atoms. The van der Waals surface area contributed by atoms with Crippen LogP contribution in [0.15, 0.2) is 60.9 Å². The van der Waals surface area contributed by atoms with E-state index in [1.807, 2.05) is 42.5 Å². The molecule has 0 fully saturated rings. The van der Waals surface area contributed by atoms with Gasteiger partial charge in [0, 0.05) is 23.3 Å². The van der Waals surface area contributed by atoms with Crippen molar-refractivity contribution < 1.29 is 9.53 Å². The number of fused-ring (bicyclic) bond motifs is 2. The van der Waals surface area contributed by atoms with Gasteiger partial charge in [0.05, 0.1) is 17.4 Å². The first kappa shape index (κ1) is 18.1. The second-order valence-corrected chi connectivity index (χ2v) is 8.23. The van der Waals surface area contributed by atoms with Gasteiger partial charge < -0.3 is 10.1 Å². The molecule has 0 saturated heterocycles. The van der Waals surface area contributed by atoms with Gasteiger partial charge >= 0.3 is 0 Å². The monoisotopic (exact) mass is 421 g/mol. The number of ether oxygens (including phenoxy) is 1. The Balaban J connectivity index is 1.38. The first-order valence-electron chi connectivity index (χ1n) is 9.21. The number of carbonyl (C=O) groups is 1. The van der Waals surface area contributed by atoms with Crippen molar-refractivity contribution in [2.24, 2.45) is 0 Å². The van der Waals surface area contributed by atoms with E-state index in [-0.39, 0.29) is 11.8 Å². The summed E-state index contributed by atoms with van der Waals surface area (Å²) in [5.74, 6) is 0.490. The molecule has 29 heavy (non-hydrogen) atoms. The molecule has 5 nitrogen and oxygen atoms in total. The molecule has 4 aromatic rings. The number of carbonyl (C=O) groups excluding carboxylic acids is 1. The number of thiazole rings is 1. The molecule has 1 aliphatic heterocycles. The van der Waals surface area contributed by atoms with Crippen LogP contribution in [0, 0.1) is 0 Å². The molecular weight excluding hydrogens is 406 g/mol. The zero-order chi connectivity index (χ0) is 19.8. The third-order valence-corrected chi connectivity index (χ3v) is 6.15. The van der Waals surface area contributed by atoms with Crippen molar-refractivity contribution >= 4 is 44.7 Å². The van der Waals surface area contributed by atoms with Gasteiger partial charge in [0.25, 0.3) is 0 Å². The predicted octanol–water partition coefficient (Wildman–Crippen LogP) is 5.52. The third-order valence-electron chi connectivity index (χ3n) is 4.98. The summed E-state index contributed by atoms with van der Waals surface area (Å²) in [4.78, 5) is 22.3. The SMILES string of the molecule is O=C(Nc1ncc(-c2ccc3cnc(Cl)cc3c2)s1)C1CCOc2ccccc21. The quantitative estimate of drug-likeness (QED) is 0.442. The highest BCUT2D eigenvalue weighted by atomic mass is 35.5. The predicted molar refractivity (Wildman–Crippen MR) is 116 cm³/mol. The Morgan fingerprint density at radius 1 is 1.10 bits per heavy atom. The van der Waals surface area contributed by atoms with Crippen LogP contribution in [0.25, 0.3) is 21.2 Å². The topological polar surface area (TPSA) is 64.1 Å². The average molecular weight is 422 g/mol. The second kappa shape index (κ2) is 7.46. The lowest BCUT2D eigenvalue weighted by Gasteiger charge is -2.24. The lowest BCUT2D eigenvalue weighted by atomic mass is 9.92. The van der Waals surface area contributed by atoms with Crippen molar-refractivity contribution in [1.82, 2.24) is 9.97 Å². The molecule has 1 amide bonds.